The van der Waals surface area contributed by atoms with Gasteiger partial charge in [-0.3, -0.25) is 4.79 Å². The fourth-order valence-electron chi connectivity index (χ4n) is 1.90. The van der Waals surface area contributed by atoms with Gasteiger partial charge in [-0.2, -0.15) is 0 Å². The zero-order chi connectivity index (χ0) is 15.6. The number of aryl methyl sites for hydroxylation is 1. The second-order valence-electron chi connectivity index (χ2n) is 4.69. The Morgan fingerprint density at radius 1 is 1.14 bits per heavy atom. The Bertz CT molecular complexity index is 668. The van der Waals surface area contributed by atoms with Gasteiger partial charge < -0.3 is 5.32 Å². The maximum Gasteiger partial charge on any atom is 0.251 e. The second-order valence-corrected chi connectivity index (χ2v) is 5.89. The summed E-state index contributed by atoms with van der Waals surface area (Å²) in [4.78, 5) is 16.3. The Morgan fingerprint density at radius 3 is 2.48 bits per heavy atom. The van der Waals surface area contributed by atoms with Gasteiger partial charge in [0.2, 0.25) is 0 Å². The van der Waals surface area contributed by atoms with E-state index >= 15 is 0 Å². The van der Waals surface area contributed by atoms with Gasteiger partial charge in [0.1, 0.15) is 5.15 Å². The predicted molar refractivity (Wildman–Crippen MR) is 86.3 cm³/mol. The molecule has 0 radical (unpaired) electrons. The van der Waals surface area contributed by atoms with Crippen LogP contribution in [0.4, 0.5) is 0 Å². The maximum atomic E-state index is 12.2. The van der Waals surface area contributed by atoms with Gasteiger partial charge in [-0.05, 0) is 43.7 Å². The van der Waals surface area contributed by atoms with Gasteiger partial charge in [0.05, 0.1) is 16.1 Å². The molecule has 1 aromatic heterocycles. The summed E-state index contributed by atoms with van der Waals surface area (Å²) in [6, 6.07) is 8.27. The zero-order valence-electron chi connectivity index (χ0n) is 11.5. The average molecular weight is 344 g/mol. The van der Waals surface area contributed by atoms with Gasteiger partial charge in [0.15, 0.2) is 0 Å². The van der Waals surface area contributed by atoms with Crippen LogP contribution in [0.25, 0.3) is 0 Å². The molecule has 1 aromatic carbocycles. The van der Waals surface area contributed by atoms with E-state index < -0.39 is 0 Å². The fourth-order valence-corrected chi connectivity index (χ4v) is 2.46. The van der Waals surface area contributed by atoms with Crippen LogP contribution in [0.3, 0.4) is 0 Å². The molecule has 1 amide bonds. The lowest BCUT2D eigenvalue weighted by Crippen LogP contribution is -2.26. The minimum absolute atomic E-state index is 0.209. The third-order valence-corrected chi connectivity index (χ3v) is 3.91. The number of hydrogen-bond donors (Lipinski definition) is 1. The summed E-state index contributed by atoms with van der Waals surface area (Å²) in [5.41, 5.74) is 2.03. The first-order chi connectivity index (χ1) is 9.86. The molecule has 0 saturated heterocycles. The number of benzene rings is 1. The van der Waals surface area contributed by atoms with Gasteiger partial charge in [0.25, 0.3) is 5.91 Å². The quantitative estimate of drug-likeness (QED) is 0.810. The van der Waals surface area contributed by atoms with Crippen molar-refractivity contribution in [3.8, 4) is 0 Å². The molecular weight excluding hydrogens is 331 g/mol. The van der Waals surface area contributed by atoms with Crippen molar-refractivity contribution in [3.05, 3.63) is 62.4 Å². The van der Waals surface area contributed by atoms with Gasteiger partial charge in [0, 0.05) is 11.3 Å². The SMILES string of the molecule is Cc1cc(C(=O)NC(C)c2ccc(Cl)c(Cl)c2)cc(Cl)n1. The van der Waals surface area contributed by atoms with Crippen LogP contribution in [-0.4, -0.2) is 10.9 Å². The van der Waals surface area contributed by atoms with E-state index in [1.807, 2.05) is 13.0 Å². The van der Waals surface area contributed by atoms with Gasteiger partial charge in [-0.25, -0.2) is 4.98 Å². The first-order valence-corrected chi connectivity index (χ1v) is 7.40. The summed E-state index contributed by atoms with van der Waals surface area (Å²) in [6.45, 7) is 3.65. The van der Waals surface area contributed by atoms with E-state index in [0.29, 0.717) is 26.5 Å². The van der Waals surface area contributed by atoms with Gasteiger partial charge in [-0.15, -0.1) is 0 Å². The van der Waals surface area contributed by atoms with E-state index in [2.05, 4.69) is 10.3 Å². The summed E-state index contributed by atoms with van der Waals surface area (Å²) < 4.78 is 0. The lowest BCUT2D eigenvalue weighted by atomic mass is 10.1. The molecule has 0 aliphatic rings. The average Bonchev–Trinajstić information content (AvgIpc) is 2.40. The van der Waals surface area contributed by atoms with E-state index in [1.165, 1.54) is 6.07 Å². The molecule has 2 aromatic rings. The highest BCUT2D eigenvalue weighted by Gasteiger charge is 2.13. The zero-order valence-corrected chi connectivity index (χ0v) is 13.7. The lowest BCUT2D eigenvalue weighted by molar-refractivity contribution is 0.0939. The van der Waals surface area contributed by atoms with Crippen LogP contribution in [0, 0.1) is 6.92 Å². The van der Waals surface area contributed by atoms with Crippen molar-refractivity contribution in [2.45, 2.75) is 19.9 Å². The molecule has 0 bridgehead atoms. The summed E-state index contributed by atoms with van der Waals surface area (Å²) >= 11 is 17.7. The van der Waals surface area contributed by atoms with Crippen molar-refractivity contribution >= 4 is 40.7 Å². The third kappa shape index (κ3) is 4.10. The first kappa shape index (κ1) is 16.1. The predicted octanol–water partition coefficient (Wildman–Crippen LogP) is 4.84. The Kier molecular flexibility index (Phi) is 5.09. The van der Waals surface area contributed by atoms with E-state index in [0.717, 1.165) is 5.56 Å². The number of pyridine rings is 1. The first-order valence-electron chi connectivity index (χ1n) is 6.27. The molecule has 21 heavy (non-hydrogen) atoms. The fraction of sp³-hybridized carbons (Fsp3) is 0.200. The Balaban J connectivity index is 2.16. The number of aromatic nitrogens is 1. The standard InChI is InChI=1S/C15H13Cl3N2O/c1-8-5-11(7-14(18)19-8)15(21)20-9(2)10-3-4-12(16)13(17)6-10/h3-7,9H,1-2H3,(H,20,21). The Labute approximate surface area is 138 Å². The second kappa shape index (κ2) is 6.65. The minimum Gasteiger partial charge on any atom is -0.346 e. The largest absolute Gasteiger partial charge is 0.346 e. The number of halogens is 3. The van der Waals surface area contributed by atoms with E-state index in [-0.39, 0.29) is 11.9 Å². The van der Waals surface area contributed by atoms with Crippen molar-refractivity contribution in [2.24, 2.45) is 0 Å². The van der Waals surface area contributed by atoms with Crippen LogP contribution in [0.2, 0.25) is 15.2 Å². The molecule has 1 atom stereocenters. The minimum atomic E-state index is -0.221. The van der Waals surface area contributed by atoms with E-state index in [4.69, 9.17) is 34.8 Å². The Hall–Kier alpha value is -1.29. The van der Waals surface area contributed by atoms with E-state index in [1.54, 1.807) is 25.1 Å². The number of hydrogen-bond acceptors (Lipinski definition) is 2. The van der Waals surface area contributed by atoms with Crippen molar-refractivity contribution in [1.82, 2.24) is 10.3 Å². The molecule has 0 aliphatic heterocycles. The van der Waals surface area contributed by atoms with Crippen LogP contribution in [-0.2, 0) is 0 Å². The lowest BCUT2D eigenvalue weighted by Gasteiger charge is -2.15. The third-order valence-electron chi connectivity index (χ3n) is 2.98. The highest BCUT2D eigenvalue weighted by molar-refractivity contribution is 6.42. The van der Waals surface area contributed by atoms with Crippen LogP contribution in [0.5, 0.6) is 0 Å². The van der Waals surface area contributed by atoms with Crippen molar-refractivity contribution < 1.29 is 4.79 Å². The van der Waals surface area contributed by atoms with E-state index in [9.17, 15) is 4.79 Å². The van der Waals surface area contributed by atoms with Gasteiger partial charge in [-0.1, -0.05) is 40.9 Å². The number of carbonyl (C=O) groups is 1. The molecule has 0 spiro atoms. The molecule has 1 N–H and O–H groups in total. The molecule has 0 aliphatic carbocycles. The van der Waals surface area contributed by atoms with Crippen LogP contribution in [0.15, 0.2) is 30.3 Å². The number of nitrogens with one attached hydrogen (secondary N) is 1. The topological polar surface area (TPSA) is 42.0 Å². The van der Waals surface area contributed by atoms with Crippen LogP contribution < -0.4 is 5.32 Å². The van der Waals surface area contributed by atoms with Crippen LogP contribution >= 0.6 is 34.8 Å². The Morgan fingerprint density at radius 2 is 1.86 bits per heavy atom. The van der Waals surface area contributed by atoms with Gasteiger partial charge >= 0.3 is 0 Å². The summed E-state index contributed by atoms with van der Waals surface area (Å²) in [5, 5.41) is 4.12. The molecule has 2 rings (SSSR count). The van der Waals surface area contributed by atoms with Crippen molar-refractivity contribution in [2.75, 3.05) is 0 Å². The molecule has 0 fully saturated rings. The summed E-state index contributed by atoms with van der Waals surface area (Å²) in [7, 11) is 0. The number of carbonyl (C=O) groups excluding carboxylic acids is 1. The summed E-state index contributed by atoms with van der Waals surface area (Å²) in [6.07, 6.45) is 0. The highest BCUT2D eigenvalue weighted by atomic mass is 35.5. The van der Waals surface area contributed by atoms with Crippen molar-refractivity contribution in [3.63, 3.8) is 0 Å². The van der Waals surface area contributed by atoms with Crippen LogP contribution in [0.1, 0.15) is 34.6 Å². The number of nitrogens with zero attached hydrogens (tertiary/aromatic N) is 1. The molecule has 6 heteroatoms. The number of rotatable bonds is 3. The molecule has 1 unspecified atom stereocenters. The molecule has 0 saturated carbocycles. The maximum absolute atomic E-state index is 12.2. The highest BCUT2D eigenvalue weighted by Crippen LogP contribution is 2.25. The molecular formula is C15H13Cl3N2O. The monoisotopic (exact) mass is 342 g/mol. The normalized spacial score (nSPS) is 12.0. The number of amides is 1. The molecule has 110 valence electrons. The summed E-state index contributed by atoms with van der Waals surface area (Å²) in [5.74, 6) is -0.221. The smallest absolute Gasteiger partial charge is 0.251 e. The molecule has 3 nitrogen and oxygen atoms in total. The molecule has 1 heterocycles. The van der Waals surface area contributed by atoms with Crippen molar-refractivity contribution in [1.29, 1.82) is 0 Å².